The molecule has 0 aliphatic rings. The number of rotatable bonds is 12. The van der Waals surface area contributed by atoms with Crippen LogP contribution in [0, 0.1) is 5.92 Å². The number of ether oxygens (including phenoxy) is 2. The highest BCUT2D eigenvalue weighted by Crippen LogP contribution is 2.36. The Balaban J connectivity index is 1.87. The first-order valence-electron chi connectivity index (χ1n) is 11.0. The van der Waals surface area contributed by atoms with Crippen LogP contribution in [-0.4, -0.2) is 59.5 Å². The van der Waals surface area contributed by atoms with Gasteiger partial charge in [-0.25, -0.2) is 4.98 Å². The van der Waals surface area contributed by atoms with Gasteiger partial charge in [0.2, 0.25) is 0 Å². The molecule has 2 heterocycles. The van der Waals surface area contributed by atoms with Crippen LogP contribution in [0.5, 0.6) is 5.75 Å². The number of fused-ring (bicyclic) bond motifs is 1. The number of benzene rings is 1. The molecule has 0 bridgehead atoms. The van der Waals surface area contributed by atoms with Crippen LogP contribution in [0.1, 0.15) is 33.0 Å². The molecule has 0 unspecified atom stereocenters. The van der Waals surface area contributed by atoms with E-state index in [9.17, 15) is 9.90 Å². The van der Waals surface area contributed by atoms with Gasteiger partial charge in [0.25, 0.3) is 5.56 Å². The Morgan fingerprint density at radius 2 is 2.03 bits per heavy atom. The van der Waals surface area contributed by atoms with Crippen molar-refractivity contribution < 1.29 is 14.6 Å². The van der Waals surface area contributed by atoms with Gasteiger partial charge >= 0.3 is 0 Å². The zero-order valence-electron chi connectivity index (χ0n) is 19.3. The van der Waals surface area contributed by atoms with Gasteiger partial charge in [-0.2, -0.15) is 0 Å². The van der Waals surface area contributed by atoms with Crippen LogP contribution in [0.25, 0.3) is 21.3 Å². The third-order valence-corrected chi connectivity index (χ3v) is 6.14. The van der Waals surface area contributed by atoms with Crippen molar-refractivity contribution in [3.05, 3.63) is 45.8 Å². The maximum atomic E-state index is 13.0. The predicted molar refractivity (Wildman–Crippen MR) is 129 cm³/mol. The summed E-state index contributed by atoms with van der Waals surface area (Å²) in [6.45, 7) is 8.85. The Labute approximate surface area is 193 Å². The van der Waals surface area contributed by atoms with Crippen molar-refractivity contribution in [1.29, 1.82) is 0 Å². The summed E-state index contributed by atoms with van der Waals surface area (Å²) in [5.74, 6) is 1.86. The molecule has 0 saturated carbocycles. The van der Waals surface area contributed by atoms with Crippen LogP contribution in [0.3, 0.4) is 0 Å². The molecule has 32 heavy (non-hydrogen) atoms. The van der Waals surface area contributed by atoms with Crippen molar-refractivity contribution in [2.75, 3.05) is 33.4 Å². The first-order chi connectivity index (χ1) is 15.4. The Kier molecular flexibility index (Phi) is 8.81. The fraction of sp³-hybridized carbons (Fsp3) is 0.500. The quantitative estimate of drug-likeness (QED) is 0.427. The molecule has 7 nitrogen and oxygen atoms in total. The van der Waals surface area contributed by atoms with E-state index in [0.29, 0.717) is 48.3 Å². The van der Waals surface area contributed by atoms with Crippen molar-refractivity contribution in [1.82, 2.24) is 14.9 Å². The second-order valence-corrected chi connectivity index (χ2v) is 9.13. The van der Waals surface area contributed by atoms with Gasteiger partial charge in [-0.05, 0) is 31.9 Å². The lowest BCUT2D eigenvalue weighted by Crippen LogP contribution is -2.36. The Morgan fingerprint density at radius 3 is 2.75 bits per heavy atom. The Morgan fingerprint density at radius 1 is 1.25 bits per heavy atom. The second-order valence-electron chi connectivity index (χ2n) is 8.27. The first-order valence-corrected chi connectivity index (χ1v) is 11.9. The van der Waals surface area contributed by atoms with Crippen molar-refractivity contribution in [2.24, 2.45) is 5.92 Å². The van der Waals surface area contributed by atoms with Crippen molar-refractivity contribution in [3.8, 4) is 16.9 Å². The lowest BCUT2D eigenvalue weighted by atomic mass is 10.1. The first kappa shape index (κ1) is 24.4. The van der Waals surface area contributed by atoms with E-state index >= 15 is 0 Å². The molecule has 1 atom stereocenters. The Hall–Kier alpha value is -2.26. The zero-order valence-corrected chi connectivity index (χ0v) is 20.1. The summed E-state index contributed by atoms with van der Waals surface area (Å²) in [5.41, 5.74) is 1.54. The molecule has 0 aliphatic carbocycles. The van der Waals surface area contributed by atoms with Crippen LogP contribution >= 0.6 is 11.3 Å². The third kappa shape index (κ3) is 6.16. The number of hydrogen-bond acceptors (Lipinski definition) is 7. The molecule has 0 radical (unpaired) electrons. The fourth-order valence-corrected chi connectivity index (χ4v) is 4.58. The maximum Gasteiger partial charge on any atom is 0.260 e. The van der Waals surface area contributed by atoms with Gasteiger partial charge < -0.3 is 19.6 Å². The van der Waals surface area contributed by atoms with Gasteiger partial charge in [-0.1, -0.05) is 32.0 Å². The summed E-state index contributed by atoms with van der Waals surface area (Å²) in [5, 5.41) is 12.9. The summed E-state index contributed by atoms with van der Waals surface area (Å²) in [6.07, 6.45) is 0.404. The number of aromatic nitrogens is 2. The number of nitrogens with zero attached hydrogens (tertiary/aromatic N) is 2. The molecule has 0 amide bonds. The van der Waals surface area contributed by atoms with E-state index in [1.54, 1.807) is 7.11 Å². The molecule has 0 aliphatic heterocycles. The van der Waals surface area contributed by atoms with Crippen molar-refractivity contribution >= 4 is 21.6 Å². The lowest BCUT2D eigenvalue weighted by Gasteiger charge is -2.25. The molecule has 2 N–H and O–H groups in total. The van der Waals surface area contributed by atoms with Gasteiger partial charge in [0.1, 0.15) is 16.4 Å². The highest BCUT2D eigenvalue weighted by Gasteiger charge is 2.18. The van der Waals surface area contributed by atoms with Crippen LogP contribution in [-0.2, 0) is 11.3 Å². The normalized spacial score (nSPS) is 12.7. The van der Waals surface area contributed by atoms with Crippen LogP contribution in [0.2, 0.25) is 0 Å². The third-order valence-electron chi connectivity index (χ3n) is 5.27. The van der Waals surface area contributed by atoms with Gasteiger partial charge in [0.05, 0.1) is 31.8 Å². The number of methoxy groups -OCH3 is 1. The summed E-state index contributed by atoms with van der Waals surface area (Å²) >= 11 is 1.45. The number of thiophene rings is 1. The summed E-state index contributed by atoms with van der Waals surface area (Å²) in [6, 6.07) is 7.66. The standard InChI is InChI=1S/C24H33N3O4S/c1-5-31-14-17(28)12-27(11-10-16(2)3)13-21-25-23(29)22-19(15-32-24(22)26-21)18-8-6-7-9-20(18)30-4/h6-9,15-17,28H,5,10-14H2,1-4H3,(H,25,26,29)/t17-/m0/s1. The molecule has 0 spiro atoms. The monoisotopic (exact) mass is 459 g/mol. The molecule has 1 aromatic carbocycles. The largest absolute Gasteiger partial charge is 0.496 e. The zero-order chi connectivity index (χ0) is 23.1. The molecule has 0 saturated heterocycles. The molecular formula is C24H33N3O4S. The maximum absolute atomic E-state index is 13.0. The van der Waals surface area contributed by atoms with E-state index < -0.39 is 6.10 Å². The van der Waals surface area contributed by atoms with E-state index in [1.165, 1.54) is 11.3 Å². The topological polar surface area (TPSA) is 87.7 Å². The number of aliphatic hydroxyl groups is 1. The van der Waals surface area contributed by atoms with E-state index in [4.69, 9.17) is 14.5 Å². The molecule has 8 heteroatoms. The number of H-pyrrole nitrogens is 1. The lowest BCUT2D eigenvalue weighted by molar-refractivity contribution is 0.0183. The molecule has 3 aromatic rings. The minimum Gasteiger partial charge on any atom is -0.496 e. The second kappa shape index (κ2) is 11.6. The SMILES string of the molecule is CCOC[C@@H](O)CN(CCC(C)C)Cc1nc2scc(-c3ccccc3OC)c2c(=O)[nH]1. The number of aromatic amines is 1. The van der Waals surface area contributed by atoms with E-state index in [2.05, 4.69) is 23.7 Å². The van der Waals surface area contributed by atoms with Gasteiger partial charge in [-0.3, -0.25) is 9.69 Å². The highest BCUT2D eigenvalue weighted by atomic mass is 32.1. The predicted octanol–water partition coefficient (Wildman–Crippen LogP) is 3.91. The molecule has 0 fully saturated rings. The molecule has 3 rings (SSSR count). The molecule has 2 aromatic heterocycles. The van der Waals surface area contributed by atoms with Crippen LogP contribution in [0.4, 0.5) is 0 Å². The summed E-state index contributed by atoms with van der Waals surface area (Å²) < 4.78 is 10.8. The van der Waals surface area contributed by atoms with Gasteiger partial charge in [-0.15, -0.1) is 11.3 Å². The number of aliphatic hydroxyl groups excluding tert-OH is 1. The average Bonchev–Trinajstić information content (AvgIpc) is 3.20. The van der Waals surface area contributed by atoms with E-state index in [-0.39, 0.29) is 5.56 Å². The number of hydrogen-bond donors (Lipinski definition) is 2. The Bertz CT molecular complexity index is 1060. The highest BCUT2D eigenvalue weighted by molar-refractivity contribution is 7.17. The van der Waals surface area contributed by atoms with Crippen LogP contribution < -0.4 is 10.3 Å². The van der Waals surface area contributed by atoms with Crippen molar-refractivity contribution in [3.63, 3.8) is 0 Å². The number of nitrogens with one attached hydrogen (secondary N) is 1. The minimum absolute atomic E-state index is 0.161. The average molecular weight is 460 g/mol. The fourth-order valence-electron chi connectivity index (χ4n) is 3.63. The van der Waals surface area contributed by atoms with Crippen LogP contribution in [0.15, 0.2) is 34.4 Å². The summed E-state index contributed by atoms with van der Waals surface area (Å²) in [7, 11) is 1.62. The smallest absolute Gasteiger partial charge is 0.260 e. The summed E-state index contributed by atoms with van der Waals surface area (Å²) in [4.78, 5) is 23.6. The van der Waals surface area contributed by atoms with Crippen molar-refractivity contribution in [2.45, 2.75) is 39.8 Å². The molecular weight excluding hydrogens is 426 g/mol. The van der Waals surface area contributed by atoms with E-state index in [1.807, 2.05) is 36.6 Å². The minimum atomic E-state index is -0.587. The van der Waals surface area contributed by atoms with Gasteiger partial charge in [0.15, 0.2) is 0 Å². The van der Waals surface area contributed by atoms with E-state index in [0.717, 1.165) is 29.8 Å². The molecule has 174 valence electrons. The van der Waals surface area contributed by atoms with Gasteiger partial charge in [0, 0.05) is 29.7 Å². The number of para-hydroxylation sites is 1.